The van der Waals surface area contributed by atoms with Gasteiger partial charge in [-0.2, -0.15) is 0 Å². The molecule has 0 bridgehead atoms. The second-order valence-electron chi connectivity index (χ2n) is 4.97. The molecule has 0 aromatic heterocycles. The number of carbonyl (C=O) groups excluding carboxylic acids is 1. The summed E-state index contributed by atoms with van der Waals surface area (Å²) in [6.07, 6.45) is 2.75. The molecular weight excluding hydrogens is 274 g/mol. The molecule has 0 radical (unpaired) electrons. The Labute approximate surface area is 122 Å². The second kappa shape index (κ2) is 7.03. The molecule has 7 heteroatoms. The Morgan fingerprint density at radius 1 is 1.43 bits per heavy atom. The first-order valence-corrected chi connectivity index (χ1v) is 6.96. The van der Waals surface area contributed by atoms with E-state index in [0.717, 1.165) is 32.4 Å². The van der Waals surface area contributed by atoms with Crippen LogP contribution in [0.25, 0.3) is 0 Å². The van der Waals surface area contributed by atoms with Gasteiger partial charge in [0.25, 0.3) is 5.91 Å². The first-order chi connectivity index (χ1) is 10.1. The van der Waals surface area contributed by atoms with E-state index < -0.39 is 4.92 Å². The number of carbonyl (C=O) groups is 1. The topological polar surface area (TPSA) is 93.5 Å². The van der Waals surface area contributed by atoms with Gasteiger partial charge < -0.3 is 15.4 Å². The van der Waals surface area contributed by atoms with Crippen molar-refractivity contribution in [2.45, 2.75) is 25.3 Å². The molecule has 1 unspecified atom stereocenters. The molecule has 0 spiro atoms. The van der Waals surface area contributed by atoms with E-state index in [1.54, 1.807) is 0 Å². The Bertz CT molecular complexity index is 525. The highest BCUT2D eigenvalue weighted by molar-refractivity contribution is 5.98. The summed E-state index contributed by atoms with van der Waals surface area (Å²) in [7, 11) is 1.33. The van der Waals surface area contributed by atoms with Crippen LogP contribution in [0.5, 0.6) is 5.75 Å². The van der Waals surface area contributed by atoms with Crippen LogP contribution < -0.4 is 15.4 Å². The largest absolute Gasteiger partial charge is 0.490 e. The zero-order chi connectivity index (χ0) is 15.2. The Kier molecular flexibility index (Phi) is 5.10. The van der Waals surface area contributed by atoms with Gasteiger partial charge in [-0.25, -0.2) is 0 Å². The van der Waals surface area contributed by atoms with Crippen LogP contribution in [-0.2, 0) is 0 Å². The lowest BCUT2D eigenvalue weighted by Crippen LogP contribution is -2.35. The minimum Gasteiger partial charge on any atom is -0.490 e. The molecule has 1 saturated heterocycles. The smallest absolute Gasteiger partial charge is 0.311 e. The maximum atomic E-state index is 12.3. The van der Waals surface area contributed by atoms with Crippen molar-refractivity contribution in [2.24, 2.45) is 0 Å². The van der Waals surface area contributed by atoms with E-state index >= 15 is 0 Å². The van der Waals surface area contributed by atoms with Crippen molar-refractivity contribution in [3.05, 3.63) is 33.9 Å². The van der Waals surface area contributed by atoms with E-state index in [-0.39, 0.29) is 28.9 Å². The number of hydrogen-bond donors (Lipinski definition) is 2. The SMILES string of the molecule is COc1c(C(=O)NC2CCCNCC2)cccc1[N+](=O)[O-]. The van der Waals surface area contributed by atoms with Crippen LogP contribution in [0.4, 0.5) is 5.69 Å². The van der Waals surface area contributed by atoms with Crippen LogP contribution in [0.3, 0.4) is 0 Å². The lowest BCUT2D eigenvalue weighted by atomic mass is 10.1. The third-order valence-corrected chi connectivity index (χ3v) is 3.55. The van der Waals surface area contributed by atoms with Crippen LogP contribution in [0, 0.1) is 10.1 Å². The van der Waals surface area contributed by atoms with Crippen molar-refractivity contribution in [2.75, 3.05) is 20.2 Å². The van der Waals surface area contributed by atoms with Gasteiger partial charge in [-0.15, -0.1) is 0 Å². The summed E-state index contributed by atoms with van der Waals surface area (Å²) in [6.45, 7) is 1.81. The first-order valence-electron chi connectivity index (χ1n) is 6.96. The fraction of sp³-hybridized carbons (Fsp3) is 0.500. The van der Waals surface area contributed by atoms with Gasteiger partial charge >= 0.3 is 5.69 Å². The van der Waals surface area contributed by atoms with Gasteiger partial charge in [0.15, 0.2) is 0 Å². The number of hydrogen-bond acceptors (Lipinski definition) is 5. The van der Waals surface area contributed by atoms with Crippen LogP contribution in [0.1, 0.15) is 29.6 Å². The second-order valence-corrected chi connectivity index (χ2v) is 4.97. The number of para-hydroxylation sites is 1. The van der Waals surface area contributed by atoms with Crippen LogP contribution in [0.15, 0.2) is 18.2 Å². The zero-order valence-corrected chi connectivity index (χ0v) is 11.9. The Morgan fingerprint density at radius 2 is 2.24 bits per heavy atom. The molecule has 1 fully saturated rings. The number of benzene rings is 1. The molecule has 0 saturated carbocycles. The highest BCUT2D eigenvalue weighted by Gasteiger charge is 2.24. The summed E-state index contributed by atoms with van der Waals surface area (Å²) in [6, 6.07) is 4.43. The van der Waals surface area contributed by atoms with Crippen molar-refractivity contribution >= 4 is 11.6 Å². The van der Waals surface area contributed by atoms with Crippen molar-refractivity contribution in [3.63, 3.8) is 0 Å². The maximum Gasteiger partial charge on any atom is 0.311 e. The van der Waals surface area contributed by atoms with Crippen molar-refractivity contribution in [1.29, 1.82) is 0 Å². The fourth-order valence-electron chi connectivity index (χ4n) is 2.49. The van der Waals surface area contributed by atoms with E-state index in [2.05, 4.69) is 10.6 Å². The van der Waals surface area contributed by atoms with Gasteiger partial charge in [0, 0.05) is 12.1 Å². The molecule has 7 nitrogen and oxygen atoms in total. The van der Waals surface area contributed by atoms with E-state index in [1.165, 1.54) is 25.3 Å². The number of nitro groups is 1. The standard InChI is InChI=1S/C14H19N3O4/c1-21-13-11(5-2-6-12(13)17(19)20)14(18)16-10-4-3-8-15-9-7-10/h2,5-6,10,15H,3-4,7-9H2,1H3,(H,16,18). The molecule has 1 aromatic rings. The molecule has 1 aliphatic rings. The number of amides is 1. The fourth-order valence-corrected chi connectivity index (χ4v) is 2.49. The molecule has 1 heterocycles. The van der Waals surface area contributed by atoms with Gasteiger partial charge in [-0.3, -0.25) is 14.9 Å². The molecule has 2 rings (SSSR count). The predicted molar refractivity (Wildman–Crippen MR) is 77.6 cm³/mol. The summed E-state index contributed by atoms with van der Waals surface area (Å²) < 4.78 is 5.06. The maximum absolute atomic E-state index is 12.3. The lowest BCUT2D eigenvalue weighted by Gasteiger charge is -2.17. The van der Waals surface area contributed by atoms with Gasteiger partial charge in [-0.1, -0.05) is 6.07 Å². The minimum absolute atomic E-state index is 0.00625. The summed E-state index contributed by atoms with van der Waals surface area (Å²) in [5, 5.41) is 17.2. The lowest BCUT2D eigenvalue weighted by molar-refractivity contribution is -0.385. The number of nitro benzene ring substituents is 1. The highest BCUT2D eigenvalue weighted by atomic mass is 16.6. The van der Waals surface area contributed by atoms with Gasteiger partial charge in [0.05, 0.1) is 17.6 Å². The normalized spacial score (nSPS) is 18.6. The molecular formula is C14H19N3O4. The minimum atomic E-state index is -0.550. The van der Waals surface area contributed by atoms with Gasteiger partial charge in [0.2, 0.25) is 5.75 Å². The van der Waals surface area contributed by atoms with Crippen molar-refractivity contribution < 1.29 is 14.5 Å². The van der Waals surface area contributed by atoms with Gasteiger partial charge in [0.1, 0.15) is 0 Å². The molecule has 1 atom stereocenters. The highest BCUT2D eigenvalue weighted by Crippen LogP contribution is 2.30. The van der Waals surface area contributed by atoms with Crippen molar-refractivity contribution in [1.82, 2.24) is 10.6 Å². The molecule has 114 valence electrons. The van der Waals surface area contributed by atoms with Crippen LogP contribution in [0.2, 0.25) is 0 Å². The third kappa shape index (κ3) is 3.69. The number of nitrogens with one attached hydrogen (secondary N) is 2. The Hall–Kier alpha value is -2.15. The average Bonchev–Trinajstić information content (AvgIpc) is 2.74. The molecule has 2 N–H and O–H groups in total. The Balaban J connectivity index is 2.18. The quantitative estimate of drug-likeness (QED) is 0.647. The van der Waals surface area contributed by atoms with Crippen LogP contribution >= 0.6 is 0 Å². The summed E-state index contributed by atoms with van der Waals surface area (Å²) >= 11 is 0. The van der Waals surface area contributed by atoms with Crippen molar-refractivity contribution in [3.8, 4) is 5.75 Å². The molecule has 1 aromatic carbocycles. The van der Waals surface area contributed by atoms with Crippen LogP contribution in [-0.4, -0.2) is 37.1 Å². The summed E-state index contributed by atoms with van der Waals surface area (Å²) in [4.78, 5) is 22.8. The third-order valence-electron chi connectivity index (χ3n) is 3.55. The van der Waals surface area contributed by atoms with E-state index in [9.17, 15) is 14.9 Å². The zero-order valence-electron chi connectivity index (χ0n) is 11.9. The van der Waals surface area contributed by atoms with E-state index in [1.807, 2.05) is 0 Å². The number of methoxy groups -OCH3 is 1. The summed E-state index contributed by atoms with van der Waals surface area (Å²) in [5.41, 5.74) is -0.00316. The predicted octanol–water partition coefficient (Wildman–Crippen LogP) is 1.48. The van der Waals surface area contributed by atoms with E-state index in [0.29, 0.717) is 0 Å². The molecule has 21 heavy (non-hydrogen) atoms. The molecule has 0 aliphatic carbocycles. The summed E-state index contributed by atoms with van der Waals surface area (Å²) in [5.74, 6) is -0.325. The Morgan fingerprint density at radius 3 is 2.95 bits per heavy atom. The molecule has 1 aliphatic heterocycles. The number of rotatable bonds is 4. The average molecular weight is 293 g/mol. The van der Waals surface area contributed by atoms with Gasteiger partial charge in [-0.05, 0) is 38.4 Å². The number of ether oxygens (including phenoxy) is 1. The van der Waals surface area contributed by atoms with E-state index in [4.69, 9.17) is 4.74 Å². The number of nitrogens with zero attached hydrogens (tertiary/aromatic N) is 1. The molecule has 1 amide bonds. The first kappa shape index (κ1) is 15.2. The monoisotopic (exact) mass is 293 g/mol.